The van der Waals surface area contributed by atoms with Crippen molar-refractivity contribution in [3.8, 4) is 11.3 Å². The van der Waals surface area contributed by atoms with Crippen molar-refractivity contribution in [1.29, 1.82) is 0 Å². The average Bonchev–Trinajstić information content (AvgIpc) is 3.20. The maximum absolute atomic E-state index is 13.2. The Morgan fingerprint density at radius 3 is 2.91 bits per heavy atom. The second kappa shape index (κ2) is 7.41. The van der Waals surface area contributed by atoms with Crippen molar-refractivity contribution in [3.63, 3.8) is 0 Å². The number of amides is 1. The van der Waals surface area contributed by atoms with Gasteiger partial charge in [0.25, 0.3) is 10.0 Å². The molecule has 2 aromatic heterocycles. The Morgan fingerprint density at radius 1 is 1.28 bits per heavy atom. The number of nitrogens with zero attached hydrogens (tertiary/aromatic N) is 5. The van der Waals surface area contributed by atoms with Crippen molar-refractivity contribution in [2.24, 2.45) is 0 Å². The van der Waals surface area contributed by atoms with Gasteiger partial charge in [0.05, 0.1) is 12.7 Å². The molecule has 0 radical (unpaired) electrons. The predicted molar refractivity (Wildman–Crippen MR) is 121 cm³/mol. The van der Waals surface area contributed by atoms with E-state index in [2.05, 4.69) is 26.8 Å². The van der Waals surface area contributed by atoms with Gasteiger partial charge < -0.3 is 10.2 Å². The minimum Gasteiger partial charge on any atom is -0.324 e. The molecule has 3 aromatic rings. The first-order valence-corrected chi connectivity index (χ1v) is 11.5. The van der Waals surface area contributed by atoms with E-state index >= 15 is 0 Å². The van der Waals surface area contributed by atoms with Crippen LogP contribution in [0.25, 0.3) is 11.3 Å². The summed E-state index contributed by atoms with van der Waals surface area (Å²) in [6.07, 6.45) is 5.17. The second-order valence-electron chi connectivity index (χ2n) is 7.49. The summed E-state index contributed by atoms with van der Waals surface area (Å²) in [5.74, 6) is 0.543. The molecule has 0 spiro atoms. The van der Waals surface area contributed by atoms with Crippen LogP contribution in [0.2, 0.25) is 0 Å². The summed E-state index contributed by atoms with van der Waals surface area (Å²) in [4.78, 5) is 26.7. The van der Waals surface area contributed by atoms with Crippen LogP contribution in [0.5, 0.6) is 0 Å². The van der Waals surface area contributed by atoms with Crippen LogP contribution in [-0.4, -0.2) is 42.4 Å². The number of hydrogen-bond acceptors (Lipinski definition) is 7. The van der Waals surface area contributed by atoms with Gasteiger partial charge in [-0.1, -0.05) is 12.1 Å². The topological polar surface area (TPSA) is 108 Å². The zero-order chi connectivity index (χ0) is 22.5. The van der Waals surface area contributed by atoms with E-state index in [1.165, 1.54) is 16.6 Å². The van der Waals surface area contributed by atoms with E-state index in [1.807, 2.05) is 18.2 Å². The van der Waals surface area contributed by atoms with Crippen LogP contribution < -0.4 is 14.5 Å². The van der Waals surface area contributed by atoms with Gasteiger partial charge in [-0.15, -0.1) is 6.58 Å². The number of carbonyl (C=O) groups is 1. The van der Waals surface area contributed by atoms with Crippen LogP contribution >= 0.6 is 0 Å². The Labute approximate surface area is 185 Å². The van der Waals surface area contributed by atoms with E-state index in [0.717, 1.165) is 17.7 Å². The number of rotatable bonds is 4. The lowest BCUT2D eigenvalue weighted by molar-refractivity contribution is -0.116. The Morgan fingerprint density at radius 2 is 2.12 bits per heavy atom. The van der Waals surface area contributed by atoms with E-state index in [-0.39, 0.29) is 29.0 Å². The predicted octanol–water partition coefficient (Wildman–Crippen LogP) is 2.89. The normalized spacial score (nSPS) is 15.5. The van der Waals surface area contributed by atoms with Gasteiger partial charge in [0.1, 0.15) is 10.6 Å². The number of aromatic nitrogens is 3. The molecule has 0 saturated carbocycles. The molecule has 4 heterocycles. The molecule has 0 bridgehead atoms. The summed E-state index contributed by atoms with van der Waals surface area (Å²) < 4.78 is 27.5. The highest BCUT2D eigenvalue weighted by atomic mass is 32.2. The summed E-state index contributed by atoms with van der Waals surface area (Å²) in [6.45, 7) is 5.95. The van der Waals surface area contributed by atoms with Crippen molar-refractivity contribution in [3.05, 3.63) is 60.9 Å². The number of pyridine rings is 1. The lowest BCUT2D eigenvalue weighted by Gasteiger charge is -2.29. The zero-order valence-electron chi connectivity index (χ0n) is 17.3. The maximum atomic E-state index is 13.2. The van der Waals surface area contributed by atoms with Gasteiger partial charge in [-0.05, 0) is 36.2 Å². The summed E-state index contributed by atoms with van der Waals surface area (Å²) in [5.41, 5.74) is 3.55. The van der Waals surface area contributed by atoms with Crippen molar-refractivity contribution < 1.29 is 13.2 Å². The van der Waals surface area contributed by atoms with Crippen LogP contribution in [0, 0.1) is 0 Å². The molecule has 0 fully saturated rings. The van der Waals surface area contributed by atoms with E-state index in [1.54, 1.807) is 30.2 Å². The molecule has 2 aliphatic rings. The molecule has 5 rings (SSSR count). The number of hydrogen-bond donors (Lipinski definition) is 1. The first-order valence-electron chi connectivity index (χ1n) is 10.0. The van der Waals surface area contributed by atoms with Gasteiger partial charge in [0.15, 0.2) is 5.82 Å². The number of fused-ring (bicyclic) bond motifs is 4. The summed E-state index contributed by atoms with van der Waals surface area (Å²) in [6, 6.07) is 9.26. The Kier molecular flexibility index (Phi) is 4.66. The maximum Gasteiger partial charge on any atom is 0.269 e. The molecular formula is C22H20N6O3S. The zero-order valence-corrected chi connectivity index (χ0v) is 18.1. The molecule has 0 saturated heterocycles. The monoisotopic (exact) mass is 448 g/mol. The van der Waals surface area contributed by atoms with Crippen LogP contribution in [0.3, 0.4) is 0 Å². The highest BCUT2D eigenvalue weighted by Gasteiger charge is 2.37. The Hall–Kier alpha value is -3.79. The summed E-state index contributed by atoms with van der Waals surface area (Å²) in [7, 11) is -3.87. The standard InChI is InChI=1S/C22H20N6O3S/c1-3-10-28-21-17(5-4-9-23-21)20-19(32(28,30)31)13-24-22(26-20)25-16-7-6-15-8-11-27(14(2)29)18(15)12-16/h3-7,9,12-13H,1,8,10-11H2,2H3,(H,24,25,26). The van der Waals surface area contributed by atoms with Gasteiger partial charge in [-0.3, -0.25) is 4.79 Å². The lowest BCUT2D eigenvalue weighted by atomic mass is 10.1. The highest BCUT2D eigenvalue weighted by Crippen LogP contribution is 2.40. The molecular weight excluding hydrogens is 428 g/mol. The molecule has 1 amide bonds. The van der Waals surface area contributed by atoms with Gasteiger partial charge in [0.2, 0.25) is 11.9 Å². The van der Waals surface area contributed by atoms with E-state index in [0.29, 0.717) is 23.6 Å². The van der Waals surface area contributed by atoms with Crippen molar-refractivity contribution in [2.45, 2.75) is 18.2 Å². The minimum atomic E-state index is -3.87. The van der Waals surface area contributed by atoms with Crippen LogP contribution in [-0.2, 0) is 21.2 Å². The molecule has 0 aliphatic carbocycles. The first-order chi connectivity index (χ1) is 15.4. The van der Waals surface area contributed by atoms with Crippen molar-refractivity contribution in [1.82, 2.24) is 15.0 Å². The van der Waals surface area contributed by atoms with E-state index in [9.17, 15) is 13.2 Å². The SMILES string of the molecule is C=CCN1c2ncccc2-c2nc(Nc3ccc4c(c3)N(C(C)=O)CC4)ncc2S1(=O)=O. The number of anilines is 4. The largest absolute Gasteiger partial charge is 0.324 e. The molecule has 1 N–H and O–H groups in total. The molecule has 10 heteroatoms. The number of sulfonamides is 1. The molecule has 162 valence electrons. The number of carbonyl (C=O) groups excluding carboxylic acids is 1. The smallest absolute Gasteiger partial charge is 0.269 e. The van der Waals surface area contributed by atoms with E-state index < -0.39 is 10.0 Å². The summed E-state index contributed by atoms with van der Waals surface area (Å²) >= 11 is 0. The molecule has 0 unspecified atom stereocenters. The van der Waals surface area contributed by atoms with Crippen molar-refractivity contribution in [2.75, 3.05) is 27.6 Å². The van der Waals surface area contributed by atoms with Crippen LogP contribution in [0.4, 0.5) is 23.1 Å². The fourth-order valence-corrected chi connectivity index (χ4v) is 5.54. The third-order valence-electron chi connectivity index (χ3n) is 5.51. The average molecular weight is 449 g/mol. The van der Waals surface area contributed by atoms with Crippen molar-refractivity contribution >= 4 is 39.1 Å². The Bertz CT molecular complexity index is 1370. The van der Waals surface area contributed by atoms with Gasteiger partial charge in [0, 0.05) is 36.6 Å². The lowest BCUT2D eigenvalue weighted by Crippen LogP contribution is -2.35. The molecule has 1 aromatic carbocycles. The number of nitrogens with one attached hydrogen (secondary N) is 1. The van der Waals surface area contributed by atoms with Crippen LogP contribution in [0.1, 0.15) is 12.5 Å². The van der Waals surface area contributed by atoms with Gasteiger partial charge in [-0.25, -0.2) is 27.7 Å². The molecule has 0 atom stereocenters. The Balaban J connectivity index is 1.55. The third kappa shape index (κ3) is 3.11. The third-order valence-corrected chi connectivity index (χ3v) is 7.27. The quantitative estimate of drug-likeness (QED) is 0.611. The molecule has 9 nitrogen and oxygen atoms in total. The summed E-state index contributed by atoms with van der Waals surface area (Å²) in [5, 5.41) is 3.13. The number of benzene rings is 1. The van der Waals surface area contributed by atoms with Gasteiger partial charge in [-0.2, -0.15) is 0 Å². The highest BCUT2D eigenvalue weighted by molar-refractivity contribution is 7.93. The molecule has 2 aliphatic heterocycles. The molecule has 32 heavy (non-hydrogen) atoms. The second-order valence-corrected chi connectivity index (χ2v) is 9.33. The fourth-order valence-electron chi connectivity index (χ4n) is 4.04. The van der Waals surface area contributed by atoms with E-state index in [4.69, 9.17) is 0 Å². The first kappa shape index (κ1) is 20.1. The van der Waals surface area contributed by atoms with Gasteiger partial charge >= 0.3 is 0 Å². The minimum absolute atomic E-state index is 0.00989. The van der Waals surface area contributed by atoms with Crippen LogP contribution in [0.15, 0.2) is 60.3 Å². The fraction of sp³-hybridized carbons (Fsp3) is 0.182.